The lowest BCUT2D eigenvalue weighted by Crippen LogP contribution is -2.38. The molecule has 0 bridgehead atoms. The maximum absolute atomic E-state index is 13.0. The van der Waals surface area contributed by atoms with E-state index in [1.54, 1.807) is 24.4 Å². The SMILES string of the molecule is NC(=O)c1cc(N2CCOC(c3ccc(F)cc3)C2)ccn1. The van der Waals surface area contributed by atoms with Crippen molar-refractivity contribution in [3.8, 4) is 0 Å². The highest BCUT2D eigenvalue weighted by atomic mass is 19.1. The number of morpholine rings is 1. The molecule has 1 aromatic heterocycles. The zero-order chi connectivity index (χ0) is 15.5. The molecule has 114 valence electrons. The second kappa shape index (κ2) is 6.11. The Morgan fingerprint density at radius 1 is 1.32 bits per heavy atom. The third-order valence-corrected chi connectivity index (χ3v) is 3.67. The van der Waals surface area contributed by atoms with Crippen LogP contribution in [0.2, 0.25) is 0 Å². The van der Waals surface area contributed by atoms with Gasteiger partial charge in [0.25, 0.3) is 5.91 Å². The summed E-state index contributed by atoms with van der Waals surface area (Å²) in [5.74, 6) is -0.818. The van der Waals surface area contributed by atoms with E-state index in [9.17, 15) is 9.18 Å². The number of carbonyl (C=O) groups excluding carboxylic acids is 1. The van der Waals surface area contributed by atoms with Crippen molar-refractivity contribution in [1.82, 2.24) is 4.98 Å². The van der Waals surface area contributed by atoms with E-state index in [0.717, 1.165) is 11.3 Å². The fourth-order valence-corrected chi connectivity index (χ4v) is 2.51. The lowest BCUT2D eigenvalue weighted by Gasteiger charge is -2.34. The van der Waals surface area contributed by atoms with Crippen molar-refractivity contribution in [2.45, 2.75) is 6.10 Å². The quantitative estimate of drug-likeness (QED) is 0.940. The van der Waals surface area contributed by atoms with Gasteiger partial charge in [-0.3, -0.25) is 9.78 Å². The van der Waals surface area contributed by atoms with Gasteiger partial charge in [-0.15, -0.1) is 0 Å². The first-order valence-corrected chi connectivity index (χ1v) is 7.01. The Morgan fingerprint density at radius 2 is 2.09 bits per heavy atom. The van der Waals surface area contributed by atoms with Gasteiger partial charge in [-0.2, -0.15) is 0 Å². The third kappa shape index (κ3) is 3.07. The van der Waals surface area contributed by atoms with Crippen LogP contribution in [0.1, 0.15) is 22.2 Å². The molecular formula is C16H16FN3O2. The first-order chi connectivity index (χ1) is 10.6. The fourth-order valence-electron chi connectivity index (χ4n) is 2.51. The summed E-state index contributed by atoms with van der Waals surface area (Å²) in [6.07, 6.45) is 1.43. The number of hydrogen-bond acceptors (Lipinski definition) is 4. The Bertz CT molecular complexity index is 675. The Balaban J connectivity index is 1.79. The second-order valence-corrected chi connectivity index (χ2v) is 5.12. The van der Waals surface area contributed by atoms with Crippen LogP contribution in [0, 0.1) is 5.82 Å². The number of carbonyl (C=O) groups is 1. The fraction of sp³-hybridized carbons (Fsp3) is 0.250. The molecule has 0 aliphatic carbocycles. The van der Waals surface area contributed by atoms with Gasteiger partial charge in [0.15, 0.2) is 0 Å². The van der Waals surface area contributed by atoms with Crippen LogP contribution in [-0.4, -0.2) is 30.6 Å². The van der Waals surface area contributed by atoms with Gasteiger partial charge in [-0.05, 0) is 29.8 Å². The average Bonchev–Trinajstić information content (AvgIpc) is 2.56. The van der Waals surface area contributed by atoms with Crippen LogP contribution in [0.4, 0.5) is 10.1 Å². The lowest BCUT2D eigenvalue weighted by molar-refractivity contribution is 0.0397. The van der Waals surface area contributed by atoms with E-state index in [0.29, 0.717) is 19.7 Å². The number of halogens is 1. The van der Waals surface area contributed by atoms with Crippen LogP contribution in [0.5, 0.6) is 0 Å². The summed E-state index contributed by atoms with van der Waals surface area (Å²) in [5, 5.41) is 0. The summed E-state index contributed by atoms with van der Waals surface area (Å²) in [7, 11) is 0. The van der Waals surface area contributed by atoms with Gasteiger partial charge < -0.3 is 15.4 Å². The van der Waals surface area contributed by atoms with Gasteiger partial charge in [0.2, 0.25) is 0 Å². The van der Waals surface area contributed by atoms with Crippen LogP contribution in [0.3, 0.4) is 0 Å². The Kier molecular flexibility index (Phi) is 4.02. The van der Waals surface area contributed by atoms with E-state index in [1.807, 2.05) is 6.07 Å². The molecule has 1 amide bonds. The molecule has 2 N–H and O–H groups in total. The van der Waals surface area contributed by atoms with E-state index in [2.05, 4.69) is 9.88 Å². The number of nitrogens with zero attached hydrogens (tertiary/aromatic N) is 2. The summed E-state index contributed by atoms with van der Waals surface area (Å²) < 4.78 is 18.8. The van der Waals surface area contributed by atoms with Crippen molar-refractivity contribution in [1.29, 1.82) is 0 Å². The van der Waals surface area contributed by atoms with Crippen LogP contribution in [0.15, 0.2) is 42.6 Å². The van der Waals surface area contributed by atoms with Crippen molar-refractivity contribution in [3.63, 3.8) is 0 Å². The number of rotatable bonds is 3. The molecule has 3 rings (SSSR count). The number of amides is 1. The molecule has 1 aliphatic rings. The van der Waals surface area contributed by atoms with Crippen molar-refractivity contribution in [2.24, 2.45) is 5.73 Å². The first kappa shape index (κ1) is 14.5. The van der Waals surface area contributed by atoms with Gasteiger partial charge in [0.05, 0.1) is 6.61 Å². The molecule has 1 unspecified atom stereocenters. The maximum Gasteiger partial charge on any atom is 0.267 e. The highest BCUT2D eigenvalue weighted by Crippen LogP contribution is 2.26. The molecule has 1 fully saturated rings. The van der Waals surface area contributed by atoms with Crippen LogP contribution in [0.25, 0.3) is 0 Å². The number of hydrogen-bond donors (Lipinski definition) is 1. The van der Waals surface area contributed by atoms with E-state index < -0.39 is 5.91 Å². The zero-order valence-corrected chi connectivity index (χ0v) is 11.9. The number of ether oxygens (including phenoxy) is 1. The molecule has 6 heteroatoms. The molecule has 1 atom stereocenters. The monoisotopic (exact) mass is 301 g/mol. The highest BCUT2D eigenvalue weighted by Gasteiger charge is 2.22. The van der Waals surface area contributed by atoms with Gasteiger partial charge in [0.1, 0.15) is 17.6 Å². The molecule has 1 aromatic carbocycles. The first-order valence-electron chi connectivity index (χ1n) is 7.01. The third-order valence-electron chi connectivity index (χ3n) is 3.67. The number of aromatic nitrogens is 1. The Labute approximate surface area is 127 Å². The van der Waals surface area contributed by atoms with Gasteiger partial charge in [-0.1, -0.05) is 12.1 Å². The lowest BCUT2D eigenvalue weighted by atomic mass is 10.1. The summed E-state index contributed by atoms with van der Waals surface area (Å²) >= 11 is 0. The highest BCUT2D eigenvalue weighted by molar-refractivity contribution is 5.91. The minimum absolute atomic E-state index is 0.139. The number of nitrogens with two attached hydrogens (primary N) is 1. The molecular weight excluding hydrogens is 285 g/mol. The van der Waals surface area contributed by atoms with Crippen molar-refractivity contribution >= 4 is 11.6 Å². The average molecular weight is 301 g/mol. The van der Waals surface area contributed by atoms with E-state index in [1.165, 1.54) is 12.1 Å². The molecule has 0 saturated carbocycles. The molecule has 1 aliphatic heterocycles. The summed E-state index contributed by atoms with van der Waals surface area (Å²) in [6.45, 7) is 1.88. The number of pyridine rings is 1. The number of primary amides is 1. The number of anilines is 1. The van der Waals surface area contributed by atoms with Crippen molar-refractivity contribution in [3.05, 3.63) is 59.7 Å². The van der Waals surface area contributed by atoms with Gasteiger partial charge in [0, 0.05) is 25.0 Å². The summed E-state index contributed by atoms with van der Waals surface area (Å²) in [5.41, 5.74) is 7.30. The van der Waals surface area contributed by atoms with E-state index >= 15 is 0 Å². The summed E-state index contributed by atoms with van der Waals surface area (Å²) in [6, 6.07) is 9.81. The van der Waals surface area contributed by atoms with Crippen molar-refractivity contribution < 1.29 is 13.9 Å². The molecule has 2 aromatic rings. The molecule has 1 saturated heterocycles. The minimum Gasteiger partial charge on any atom is -0.370 e. The smallest absolute Gasteiger partial charge is 0.267 e. The summed E-state index contributed by atoms with van der Waals surface area (Å²) in [4.78, 5) is 17.3. The van der Waals surface area contributed by atoms with Crippen LogP contribution in [-0.2, 0) is 4.74 Å². The van der Waals surface area contributed by atoms with Gasteiger partial charge >= 0.3 is 0 Å². The molecule has 5 nitrogen and oxygen atoms in total. The molecule has 0 radical (unpaired) electrons. The predicted octanol–water partition coefficient (Wildman–Crippen LogP) is 1.90. The predicted molar refractivity (Wildman–Crippen MR) is 80.1 cm³/mol. The van der Waals surface area contributed by atoms with Crippen LogP contribution < -0.4 is 10.6 Å². The largest absolute Gasteiger partial charge is 0.370 e. The Hall–Kier alpha value is -2.47. The van der Waals surface area contributed by atoms with Crippen LogP contribution >= 0.6 is 0 Å². The van der Waals surface area contributed by atoms with E-state index in [4.69, 9.17) is 10.5 Å². The Morgan fingerprint density at radius 3 is 2.82 bits per heavy atom. The molecule has 22 heavy (non-hydrogen) atoms. The zero-order valence-electron chi connectivity index (χ0n) is 11.9. The molecule has 2 heterocycles. The normalized spacial score (nSPS) is 18.2. The van der Waals surface area contributed by atoms with E-state index in [-0.39, 0.29) is 17.6 Å². The standard InChI is InChI=1S/C16H16FN3O2/c17-12-3-1-11(2-4-12)15-10-20(7-8-22-15)13-5-6-19-14(9-13)16(18)21/h1-6,9,15H,7-8,10H2,(H2,18,21). The van der Waals surface area contributed by atoms with Crippen molar-refractivity contribution in [2.75, 3.05) is 24.6 Å². The minimum atomic E-state index is -0.551. The number of benzene rings is 1. The maximum atomic E-state index is 13.0. The second-order valence-electron chi connectivity index (χ2n) is 5.12. The topological polar surface area (TPSA) is 68.5 Å². The molecule has 0 spiro atoms. The van der Waals surface area contributed by atoms with Gasteiger partial charge in [-0.25, -0.2) is 4.39 Å².